The molecule has 0 aliphatic rings. The SMILES string of the molecule is Cc1ccc(NC(=O)c2cnoc2C)cc1C#CCO. The minimum Gasteiger partial charge on any atom is -0.384 e. The molecule has 0 fully saturated rings. The van der Waals surface area contributed by atoms with E-state index in [1.807, 2.05) is 13.0 Å². The van der Waals surface area contributed by atoms with Crippen molar-refractivity contribution < 1.29 is 14.4 Å². The molecule has 102 valence electrons. The highest BCUT2D eigenvalue weighted by molar-refractivity contribution is 6.04. The van der Waals surface area contributed by atoms with Crippen molar-refractivity contribution in [3.63, 3.8) is 0 Å². The first-order valence-corrected chi connectivity index (χ1v) is 6.05. The van der Waals surface area contributed by atoms with Crippen LogP contribution in [-0.4, -0.2) is 22.8 Å². The summed E-state index contributed by atoms with van der Waals surface area (Å²) in [5.41, 5.74) is 2.76. The highest BCUT2D eigenvalue weighted by atomic mass is 16.5. The molecule has 1 aromatic heterocycles. The van der Waals surface area contributed by atoms with E-state index in [4.69, 9.17) is 9.63 Å². The van der Waals surface area contributed by atoms with Crippen molar-refractivity contribution >= 4 is 11.6 Å². The maximum Gasteiger partial charge on any atom is 0.260 e. The van der Waals surface area contributed by atoms with Gasteiger partial charge in [-0.3, -0.25) is 4.79 Å². The molecule has 1 heterocycles. The van der Waals surface area contributed by atoms with Gasteiger partial charge in [0.15, 0.2) is 0 Å². The molecule has 0 aliphatic carbocycles. The number of nitrogens with zero attached hydrogens (tertiary/aromatic N) is 1. The number of hydrogen-bond acceptors (Lipinski definition) is 4. The lowest BCUT2D eigenvalue weighted by Crippen LogP contribution is -2.12. The van der Waals surface area contributed by atoms with Crippen molar-refractivity contribution in [3.8, 4) is 11.8 Å². The zero-order valence-electron chi connectivity index (χ0n) is 11.2. The summed E-state index contributed by atoms with van der Waals surface area (Å²) in [5.74, 6) is 5.61. The molecular formula is C15H14N2O3. The topological polar surface area (TPSA) is 75.4 Å². The number of aryl methyl sites for hydroxylation is 2. The van der Waals surface area contributed by atoms with Gasteiger partial charge in [0.25, 0.3) is 5.91 Å². The highest BCUT2D eigenvalue weighted by Crippen LogP contribution is 2.16. The number of aliphatic hydroxyl groups excluding tert-OH is 1. The van der Waals surface area contributed by atoms with E-state index < -0.39 is 0 Å². The summed E-state index contributed by atoms with van der Waals surface area (Å²) in [7, 11) is 0. The molecule has 0 saturated carbocycles. The number of aromatic nitrogens is 1. The first-order valence-electron chi connectivity index (χ1n) is 6.05. The fourth-order valence-electron chi connectivity index (χ4n) is 1.68. The van der Waals surface area contributed by atoms with E-state index in [1.54, 1.807) is 19.1 Å². The largest absolute Gasteiger partial charge is 0.384 e. The fourth-order valence-corrected chi connectivity index (χ4v) is 1.68. The van der Waals surface area contributed by atoms with Crippen LogP contribution in [0, 0.1) is 25.7 Å². The number of carbonyl (C=O) groups is 1. The van der Waals surface area contributed by atoms with Gasteiger partial charge < -0.3 is 14.9 Å². The van der Waals surface area contributed by atoms with Crippen molar-refractivity contribution in [2.75, 3.05) is 11.9 Å². The van der Waals surface area contributed by atoms with Gasteiger partial charge in [-0.1, -0.05) is 23.1 Å². The van der Waals surface area contributed by atoms with Gasteiger partial charge in [0.2, 0.25) is 0 Å². The van der Waals surface area contributed by atoms with Gasteiger partial charge in [0.05, 0.1) is 6.20 Å². The van der Waals surface area contributed by atoms with Crippen LogP contribution in [0.1, 0.15) is 27.2 Å². The molecule has 2 aromatic rings. The summed E-state index contributed by atoms with van der Waals surface area (Å²) in [4.78, 5) is 12.0. The molecule has 0 spiro atoms. The number of benzene rings is 1. The number of carbonyl (C=O) groups excluding carboxylic acids is 1. The molecule has 0 radical (unpaired) electrons. The zero-order valence-corrected chi connectivity index (χ0v) is 11.2. The summed E-state index contributed by atoms with van der Waals surface area (Å²) in [6.07, 6.45) is 1.38. The second-order valence-corrected chi connectivity index (χ2v) is 4.24. The van der Waals surface area contributed by atoms with Crippen molar-refractivity contribution in [2.24, 2.45) is 0 Å². The van der Waals surface area contributed by atoms with Gasteiger partial charge in [-0.25, -0.2) is 0 Å². The molecule has 0 unspecified atom stereocenters. The Kier molecular flexibility index (Phi) is 4.18. The molecule has 0 bridgehead atoms. The van der Waals surface area contributed by atoms with Gasteiger partial charge in [0, 0.05) is 11.3 Å². The molecule has 1 amide bonds. The van der Waals surface area contributed by atoms with Crippen molar-refractivity contribution in [2.45, 2.75) is 13.8 Å². The zero-order chi connectivity index (χ0) is 14.5. The van der Waals surface area contributed by atoms with Crippen molar-refractivity contribution in [1.29, 1.82) is 0 Å². The second-order valence-electron chi connectivity index (χ2n) is 4.24. The van der Waals surface area contributed by atoms with Gasteiger partial charge in [-0.2, -0.15) is 0 Å². The number of anilines is 1. The predicted molar refractivity (Wildman–Crippen MR) is 74.3 cm³/mol. The summed E-state index contributed by atoms with van der Waals surface area (Å²) in [6, 6.07) is 5.41. The Bertz CT molecular complexity index is 693. The molecule has 2 N–H and O–H groups in total. The van der Waals surface area contributed by atoms with Gasteiger partial charge >= 0.3 is 0 Å². The molecule has 2 rings (SSSR count). The molecule has 1 aromatic carbocycles. The first kappa shape index (κ1) is 13.8. The minimum absolute atomic E-state index is 0.199. The van der Waals surface area contributed by atoms with E-state index in [1.165, 1.54) is 6.20 Å². The monoisotopic (exact) mass is 270 g/mol. The molecule has 0 saturated heterocycles. The Morgan fingerprint density at radius 2 is 2.25 bits per heavy atom. The predicted octanol–water partition coefficient (Wildman–Crippen LogP) is 1.89. The lowest BCUT2D eigenvalue weighted by Gasteiger charge is -2.06. The number of amides is 1. The Morgan fingerprint density at radius 1 is 1.45 bits per heavy atom. The first-order chi connectivity index (χ1) is 9.61. The van der Waals surface area contributed by atoms with Gasteiger partial charge in [-0.05, 0) is 31.5 Å². The van der Waals surface area contributed by atoms with Crippen molar-refractivity contribution in [3.05, 3.63) is 46.8 Å². The fraction of sp³-hybridized carbons (Fsp3) is 0.200. The standard InChI is InChI=1S/C15H14N2O3/c1-10-5-6-13(8-12(10)4-3-7-18)17-15(19)14-9-16-20-11(14)2/h5-6,8-9,18H,7H2,1-2H3,(H,17,19). The maximum atomic E-state index is 12.0. The van der Waals surface area contributed by atoms with Crippen LogP contribution in [0.3, 0.4) is 0 Å². The van der Waals surface area contributed by atoms with E-state index in [0.29, 0.717) is 17.0 Å². The normalized spacial score (nSPS) is 9.75. The van der Waals surface area contributed by atoms with E-state index in [9.17, 15) is 4.79 Å². The van der Waals surface area contributed by atoms with Crippen LogP contribution in [0.15, 0.2) is 28.9 Å². The van der Waals surface area contributed by atoms with Crippen LogP contribution in [0.25, 0.3) is 0 Å². The van der Waals surface area contributed by atoms with Crippen LogP contribution in [0.4, 0.5) is 5.69 Å². The van der Waals surface area contributed by atoms with Crippen molar-refractivity contribution in [1.82, 2.24) is 5.16 Å². The lowest BCUT2D eigenvalue weighted by molar-refractivity contribution is 0.102. The quantitative estimate of drug-likeness (QED) is 0.817. The van der Waals surface area contributed by atoms with Crippen LogP contribution in [0.5, 0.6) is 0 Å². The Labute approximate surface area is 116 Å². The molecular weight excluding hydrogens is 256 g/mol. The Hall–Kier alpha value is -2.58. The van der Waals surface area contributed by atoms with E-state index in [2.05, 4.69) is 22.3 Å². The molecule has 5 heteroatoms. The third kappa shape index (κ3) is 3.05. The van der Waals surface area contributed by atoms with E-state index in [-0.39, 0.29) is 12.5 Å². The van der Waals surface area contributed by atoms with Gasteiger partial charge in [-0.15, -0.1) is 0 Å². The number of aliphatic hydroxyl groups is 1. The summed E-state index contributed by atoms with van der Waals surface area (Å²) < 4.78 is 4.86. The Morgan fingerprint density at radius 3 is 2.90 bits per heavy atom. The second kappa shape index (κ2) is 6.04. The summed E-state index contributed by atoms with van der Waals surface area (Å²) in [5, 5.41) is 15.1. The average molecular weight is 270 g/mol. The number of nitrogens with one attached hydrogen (secondary N) is 1. The molecule has 0 aliphatic heterocycles. The number of hydrogen-bond donors (Lipinski definition) is 2. The molecule has 5 nitrogen and oxygen atoms in total. The smallest absolute Gasteiger partial charge is 0.260 e. The maximum absolute atomic E-state index is 12.0. The van der Waals surface area contributed by atoms with Crippen LogP contribution in [0.2, 0.25) is 0 Å². The van der Waals surface area contributed by atoms with Crippen LogP contribution < -0.4 is 5.32 Å². The molecule has 0 atom stereocenters. The minimum atomic E-state index is -0.284. The molecule has 20 heavy (non-hydrogen) atoms. The van der Waals surface area contributed by atoms with Gasteiger partial charge in [0.1, 0.15) is 17.9 Å². The van der Waals surface area contributed by atoms with Crippen LogP contribution >= 0.6 is 0 Å². The third-order valence-electron chi connectivity index (χ3n) is 2.79. The highest BCUT2D eigenvalue weighted by Gasteiger charge is 2.13. The summed E-state index contributed by atoms with van der Waals surface area (Å²) in [6.45, 7) is 3.39. The number of rotatable bonds is 2. The van der Waals surface area contributed by atoms with E-state index >= 15 is 0 Å². The lowest BCUT2D eigenvalue weighted by atomic mass is 10.1. The Balaban J connectivity index is 2.22. The van der Waals surface area contributed by atoms with Crippen LogP contribution in [-0.2, 0) is 0 Å². The average Bonchev–Trinajstić information content (AvgIpc) is 2.85. The third-order valence-corrected chi connectivity index (χ3v) is 2.79. The summed E-state index contributed by atoms with van der Waals surface area (Å²) >= 11 is 0. The van der Waals surface area contributed by atoms with E-state index in [0.717, 1.165) is 11.1 Å².